The van der Waals surface area contributed by atoms with Crippen LogP contribution >= 0.6 is 0 Å². The van der Waals surface area contributed by atoms with E-state index in [-0.39, 0.29) is 17.7 Å². The Morgan fingerprint density at radius 1 is 1.24 bits per heavy atom. The highest BCUT2D eigenvalue weighted by Crippen LogP contribution is 2.49. The van der Waals surface area contributed by atoms with Gasteiger partial charge in [0.25, 0.3) is 0 Å². The van der Waals surface area contributed by atoms with Crippen molar-refractivity contribution in [3.05, 3.63) is 0 Å². The molecule has 2 fully saturated rings. The second-order valence-electron chi connectivity index (χ2n) is 7.08. The van der Waals surface area contributed by atoms with Crippen molar-refractivity contribution in [2.45, 2.75) is 65.3 Å². The van der Waals surface area contributed by atoms with Gasteiger partial charge >= 0.3 is 0 Å². The lowest BCUT2D eigenvalue weighted by Crippen LogP contribution is -2.50. The number of nitrogens with one attached hydrogen (secondary N) is 2. The number of carbonyl (C=O) groups excluding carboxylic acids is 2. The smallest absolute Gasteiger partial charge is 0.242 e. The van der Waals surface area contributed by atoms with Gasteiger partial charge in [0.1, 0.15) is 6.04 Å². The molecule has 2 rings (SSSR count). The van der Waals surface area contributed by atoms with Crippen molar-refractivity contribution in [1.29, 1.82) is 0 Å². The molecule has 0 aliphatic heterocycles. The summed E-state index contributed by atoms with van der Waals surface area (Å²) < 4.78 is 0. The molecule has 3 unspecified atom stereocenters. The predicted molar refractivity (Wildman–Crippen MR) is 83.6 cm³/mol. The van der Waals surface area contributed by atoms with Gasteiger partial charge in [-0.15, -0.1) is 0 Å². The quantitative estimate of drug-likeness (QED) is 0.758. The van der Waals surface area contributed by atoms with Crippen LogP contribution in [0, 0.1) is 23.7 Å². The molecule has 2 saturated carbocycles. The highest BCUT2D eigenvalue weighted by molar-refractivity contribution is 5.87. The van der Waals surface area contributed by atoms with Crippen molar-refractivity contribution < 1.29 is 9.59 Å². The number of carbonyl (C=O) groups is 2. The molecule has 0 aromatic rings. The third-order valence-corrected chi connectivity index (χ3v) is 5.55. The molecule has 2 amide bonds. The maximum Gasteiger partial charge on any atom is 0.242 e. The summed E-state index contributed by atoms with van der Waals surface area (Å²) in [4.78, 5) is 23.5. The monoisotopic (exact) mass is 294 g/mol. The second-order valence-corrected chi connectivity index (χ2v) is 7.08. The van der Waals surface area contributed by atoms with Gasteiger partial charge in [-0.05, 0) is 49.4 Å². The summed E-state index contributed by atoms with van der Waals surface area (Å²) in [7, 11) is 0. The van der Waals surface area contributed by atoms with E-state index in [4.69, 9.17) is 0 Å². The molecule has 0 spiro atoms. The third-order valence-electron chi connectivity index (χ3n) is 5.55. The Bertz CT molecular complexity index is 383. The molecular formula is C17H30N2O2. The SMILES string of the molecule is CC[C@H](C)[C@H](NC(C)=O)C(=O)NCCC1CC2CCC1C2. The first-order valence-electron chi connectivity index (χ1n) is 8.56. The lowest BCUT2D eigenvalue weighted by atomic mass is 9.86. The molecule has 2 aliphatic carbocycles. The molecule has 0 radical (unpaired) electrons. The minimum Gasteiger partial charge on any atom is -0.354 e. The standard InChI is InChI=1S/C17H30N2O2/c1-4-11(2)16(19-12(3)20)17(21)18-8-7-15-10-13-5-6-14(15)9-13/h11,13-16H,4-10H2,1-3H3,(H,18,21)(H,19,20)/t11-,13?,14?,15?,16-/m0/s1. The normalized spacial score (nSPS) is 30.0. The van der Waals surface area contributed by atoms with Crippen molar-refractivity contribution in [3.63, 3.8) is 0 Å². The number of fused-ring (bicyclic) bond motifs is 2. The highest BCUT2D eigenvalue weighted by atomic mass is 16.2. The molecular weight excluding hydrogens is 264 g/mol. The van der Waals surface area contributed by atoms with E-state index in [9.17, 15) is 9.59 Å². The van der Waals surface area contributed by atoms with E-state index in [2.05, 4.69) is 10.6 Å². The number of amides is 2. The zero-order valence-corrected chi connectivity index (χ0v) is 13.7. The van der Waals surface area contributed by atoms with Gasteiger partial charge in [0, 0.05) is 13.5 Å². The van der Waals surface area contributed by atoms with E-state index in [1.807, 2.05) is 13.8 Å². The van der Waals surface area contributed by atoms with Gasteiger partial charge < -0.3 is 10.6 Å². The molecule has 2 N–H and O–H groups in total. The van der Waals surface area contributed by atoms with Crippen LogP contribution in [0.4, 0.5) is 0 Å². The average Bonchev–Trinajstić information content (AvgIpc) is 3.06. The van der Waals surface area contributed by atoms with E-state index in [1.54, 1.807) is 0 Å². The summed E-state index contributed by atoms with van der Waals surface area (Å²) in [5.74, 6) is 2.69. The number of rotatable bonds is 7. The minimum atomic E-state index is -0.396. The van der Waals surface area contributed by atoms with Crippen molar-refractivity contribution in [3.8, 4) is 0 Å². The summed E-state index contributed by atoms with van der Waals surface area (Å²) in [5, 5.41) is 5.82. The molecule has 0 saturated heterocycles. The van der Waals surface area contributed by atoms with Crippen molar-refractivity contribution in [2.24, 2.45) is 23.7 Å². The van der Waals surface area contributed by atoms with Gasteiger partial charge in [0.2, 0.25) is 11.8 Å². The number of hydrogen-bond acceptors (Lipinski definition) is 2. The van der Waals surface area contributed by atoms with E-state index in [0.717, 1.165) is 37.1 Å². The highest BCUT2D eigenvalue weighted by Gasteiger charge is 2.38. The van der Waals surface area contributed by atoms with Gasteiger partial charge in [0.15, 0.2) is 0 Å². The van der Waals surface area contributed by atoms with Crippen LogP contribution in [0.25, 0.3) is 0 Å². The van der Waals surface area contributed by atoms with Crippen LogP contribution in [-0.2, 0) is 9.59 Å². The van der Waals surface area contributed by atoms with Gasteiger partial charge in [0.05, 0.1) is 0 Å². The zero-order chi connectivity index (χ0) is 15.4. The Labute approximate surface area is 128 Å². The summed E-state index contributed by atoms with van der Waals surface area (Å²) >= 11 is 0. The zero-order valence-electron chi connectivity index (χ0n) is 13.7. The van der Waals surface area contributed by atoms with Crippen LogP contribution in [0.3, 0.4) is 0 Å². The van der Waals surface area contributed by atoms with Crippen LogP contribution in [0.2, 0.25) is 0 Å². The van der Waals surface area contributed by atoms with E-state index in [0.29, 0.717) is 0 Å². The fourth-order valence-corrected chi connectivity index (χ4v) is 4.14. The lowest BCUT2D eigenvalue weighted by Gasteiger charge is -2.25. The molecule has 0 aromatic heterocycles. The molecule has 21 heavy (non-hydrogen) atoms. The van der Waals surface area contributed by atoms with Crippen LogP contribution in [0.15, 0.2) is 0 Å². The van der Waals surface area contributed by atoms with Crippen LogP contribution in [0.5, 0.6) is 0 Å². The fourth-order valence-electron chi connectivity index (χ4n) is 4.14. The van der Waals surface area contributed by atoms with E-state index >= 15 is 0 Å². The Hall–Kier alpha value is -1.06. The molecule has 2 aliphatic rings. The van der Waals surface area contributed by atoms with E-state index in [1.165, 1.54) is 32.6 Å². The minimum absolute atomic E-state index is 0.0253. The molecule has 4 heteroatoms. The summed E-state index contributed by atoms with van der Waals surface area (Å²) in [6, 6.07) is -0.396. The van der Waals surface area contributed by atoms with Crippen molar-refractivity contribution in [2.75, 3.05) is 6.54 Å². The summed E-state index contributed by atoms with van der Waals surface area (Å²) in [5.41, 5.74) is 0. The van der Waals surface area contributed by atoms with Crippen LogP contribution in [0.1, 0.15) is 59.3 Å². The molecule has 4 nitrogen and oxygen atoms in total. The Morgan fingerprint density at radius 2 is 2.00 bits per heavy atom. The average molecular weight is 294 g/mol. The Morgan fingerprint density at radius 3 is 2.52 bits per heavy atom. The van der Waals surface area contributed by atoms with Gasteiger partial charge in [-0.1, -0.05) is 26.7 Å². The van der Waals surface area contributed by atoms with Crippen LogP contribution in [-0.4, -0.2) is 24.4 Å². The van der Waals surface area contributed by atoms with Crippen molar-refractivity contribution in [1.82, 2.24) is 10.6 Å². The molecule has 0 aromatic carbocycles. The van der Waals surface area contributed by atoms with Gasteiger partial charge in [-0.3, -0.25) is 9.59 Å². The summed E-state index contributed by atoms with van der Waals surface area (Å²) in [6.07, 6.45) is 7.57. The molecule has 120 valence electrons. The maximum absolute atomic E-state index is 12.3. The first kappa shape index (κ1) is 16.3. The summed E-state index contributed by atoms with van der Waals surface area (Å²) in [6.45, 7) is 6.27. The topological polar surface area (TPSA) is 58.2 Å². The molecule has 5 atom stereocenters. The van der Waals surface area contributed by atoms with Gasteiger partial charge in [-0.25, -0.2) is 0 Å². The molecule has 0 heterocycles. The van der Waals surface area contributed by atoms with Crippen LogP contribution < -0.4 is 10.6 Å². The van der Waals surface area contributed by atoms with E-state index < -0.39 is 6.04 Å². The fraction of sp³-hybridized carbons (Fsp3) is 0.882. The molecule has 2 bridgehead atoms. The second kappa shape index (κ2) is 7.28. The first-order chi connectivity index (χ1) is 10.0. The Balaban J connectivity index is 1.75. The lowest BCUT2D eigenvalue weighted by molar-refractivity contribution is -0.129. The number of hydrogen-bond donors (Lipinski definition) is 2. The largest absolute Gasteiger partial charge is 0.354 e. The first-order valence-corrected chi connectivity index (χ1v) is 8.56. The Kier molecular flexibility index (Phi) is 5.65. The predicted octanol–water partition coefficient (Wildman–Crippen LogP) is 2.48. The van der Waals surface area contributed by atoms with Gasteiger partial charge in [-0.2, -0.15) is 0 Å². The van der Waals surface area contributed by atoms with Crippen molar-refractivity contribution >= 4 is 11.8 Å². The maximum atomic E-state index is 12.3. The third kappa shape index (κ3) is 4.21.